The number of hydrogen-bond donors (Lipinski definition) is 1. The number of halogens is 1. The molecule has 1 aliphatic rings. The molecule has 0 radical (unpaired) electrons. The van der Waals surface area contributed by atoms with E-state index in [1.165, 1.54) is 5.01 Å². The molecule has 34 heavy (non-hydrogen) atoms. The fourth-order valence-electron chi connectivity index (χ4n) is 4.19. The van der Waals surface area contributed by atoms with Crippen molar-refractivity contribution >= 4 is 29.2 Å². The molecule has 3 aromatic rings. The van der Waals surface area contributed by atoms with E-state index in [4.69, 9.17) is 21.8 Å². The van der Waals surface area contributed by atoms with Crippen molar-refractivity contribution in [1.29, 1.82) is 0 Å². The molecule has 0 bridgehead atoms. The van der Waals surface area contributed by atoms with Gasteiger partial charge in [0.05, 0.1) is 18.2 Å². The van der Waals surface area contributed by atoms with Gasteiger partial charge in [0, 0.05) is 35.3 Å². The highest BCUT2D eigenvalue weighted by Crippen LogP contribution is 2.37. The third-order valence-corrected chi connectivity index (χ3v) is 6.45. The number of nitrogens with zero attached hydrogens (tertiary/aromatic N) is 3. The van der Waals surface area contributed by atoms with Crippen molar-refractivity contribution in [2.75, 3.05) is 0 Å². The Labute approximate surface area is 203 Å². The van der Waals surface area contributed by atoms with Crippen LogP contribution < -0.4 is 0 Å². The highest BCUT2D eigenvalue weighted by Gasteiger charge is 2.34. The number of pyridine rings is 1. The van der Waals surface area contributed by atoms with Gasteiger partial charge in [0.2, 0.25) is 5.91 Å². The Morgan fingerprint density at radius 1 is 1.03 bits per heavy atom. The molecule has 1 atom stereocenters. The van der Waals surface area contributed by atoms with Gasteiger partial charge in [-0.2, -0.15) is 5.10 Å². The van der Waals surface area contributed by atoms with Gasteiger partial charge >= 0.3 is 5.97 Å². The van der Waals surface area contributed by atoms with Gasteiger partial charge in [-0.15, -0.1) is 0 Å². The van der Waals surface area contributed by atoms with E-state index in [1.54, 1.807) is 0 Å². The van der Waals surface area contributed by atoms with Crippen LogP contribution in [0.3, 0.4) is 0 Å². The second-order valence-electron chi connectivity index (χ2n) is 8.57. The van der Waals surface area contributed by atoms with Crippen LogP contribution in [0.5, 0.6) is 0 Å². The summed E-state index contributed by atoms with van der Waals surface area (Å²) in [7, 11) is 0. The number of amides is 1. The molecule has 0 aliphatic carbocycles. The standard InChI is InChI=1S/C27H26ClN3O3/c1-16-4-6-19(7-5-16)24-14-23(30-31(24)25(32)12-13-26(33)34)22-15-29-18(3)17(2)27(22)20-8-10-21(28)11-9-20/h4-11,15,24H,12-14H2,1-3H3,(H,33,34)/t24-/m1/s1. The maximum Gasteiger partial charge on any atom is 0.303 e. The van der Waals surface area contributed by atoms with Crippen LogP contribution in [0.1, 0.15) is 53.3 Å². The lowest BCUT2D eigenvalue weighted by atomic mass is 9.90. The van der Waals surface area contributed by atoms with Crippen molar-refractivity contribution in [3.8, 4) is 11.1 Å². The van der Waals surface area contributed by atoms with Crippen molar-refractivity contribution in [2.24, 2.45) is 5.10 Å². The summed E-state index contributed by atoms with van der Waals surface area (Å²) in [5.41, 5.74) is 7.62. The fraction of sp³-hybridized carbons (Fsp3) is 0.259. The first-order valence-electron chi connectivity index (χ1n) is 11.1. The van der Waals surface area contributed by atoms with E-state index >= 15 is 0 Å². The van der Waals surface area contributed by atoms with Gasteiger partial charge < -0.3 is 5.11 Å². The topological polar surface area (TPSA) is 82.9 Å². The van der Waals surface area contributed by atoms with Gasteiger partial charge in [0.1, 0.15) is 0 Å². The monoisotopic (exact) mass is 475 g/mol. The minimum Gasteiger partial charge on any atom is -0.481 e. The molecule has 1 N–H and O–H groups in total. The van der Waals surface area contributed by atoms with Crippen LogP contribution in [-0.4, -0.2) is 32.7 Å². The second-order valence-corrected chi connectivity index (χ2v) is 9.01. The fourth-order valence-corrected chi connectivity index (χ4v) is 4.32. The summed E-state index contributed by atoms with van der Waals surface area (Å²) < 4.78 is 0. The first-order valence-corrected chi connectivity index (χ1v) is 11.5. The van der Waals surface area contributed by atoms with E-state index in [2.05, 4.69) is 4.98 Å². The van der Waals surface area contributed by atoms with Crippen molar-refractivity contribution in [3.05, 3.63) is 87.7 Å². The predicted octanol–water partition coefficient (Wildman–Crippen LogP) is 5.87. The molecule has 0 unspecified atom stereocenters. The number of hydrogen-bond acceptors (Lipinski definition) is 4. The molecule has 7 heteroatoms. The van der Waals surface area contributed by atoms with Crippen LogP contribution in [0.4, 0.5) is 0 Å². The van der Waals surface area contributed by atoms with E-state index in [-0.39, 0.29) is 24.8 Å². The summed E-state index contributed by atoms with van der Waals surface area (Å²) >= 11 is 6.12. The van der Waals surface area contributed by atoms with E-state index in [9.17, 15) is 9.59 Å². The summed E-state index contributed by atoms with van der Waals surface area (Å²) in [5.74, 6) is -1.32. The number of carbonyl (C=O) groups is 2. The molecule has 2 aromatic carbocycles. The maximum atomic E-state index is 13.0. The van der Waals surface area contributed by atoms with Gasteiger partial charge in [-0.3, -0.25) is 14.6 Å². The van der Waals surface area contributed by atoms with Crippen molar-refractivity contribution in [1.82, 2.24) is 9.99 Å². The third-order valence-electron chi connectivity index (χ3n) is 6.20. The third kappa shape index (κ3) is 4.87. The number of carboxylic acid groups (broad SMARTS) is 1. The molecule has 0 fully saturated rings. The van der Waals surface area contributed by atoms with Gasteiger partial charge in [-0.05, 0) is 55.2 Å². The van der Waals surface area contributed by atoms with E-state index in [0.29, 0.717) is 11.4 Å². The Kier molecular flexibility index (Phi) is 6.80. The van der Waals surface area contributed by atoms with E-state index < -0.39 is 5.97 Å². The molecule has 1 aliphatic heterocycles. The molecule has 174 valence electrons. The van der Waals surface area contributed by atoms with Crippen LogP contribution in [0.25, 0.3) is 11.1 Å². The normalized spacial score (nSPS) is 15.4. The van der Waals surface area contributed by atoms with Crippen LogP contribution in [0, 0.1) is 20.8 Å². The zero-order valence-corrected chi connectivity index (χ0v) is 20.1. The quantitative estimate of drug-likeness (QED) is 0.483. The van der Waals surface area contributed by atoms with Gasteiger partial charge in [0.25, 0.3) is 0 Å². The van der Waals surface area contributed by atoms with E-state index in [0.717, 1.165) is 44.8 Å². The lowest BCUT2D eigenvalue weighted by Crippen LogP contribution is -2.27. The first kappa shape index (κ1) is 23.6. The number of aryl methyl sites for hydroxylation is 2. The zero-order chi connectivity index (χ0) is 24.4. The molecule has 0 saturated carbocycles. The van der Waals surface area contributed by atoms with Gasteiger partial charge in [-0.25, -0.2) is 5.01 Å². The SMILES string of the molecule is Cc1ccc([C@H]2CC(c3cnc(C)c(C)c3-c3ccc(Cl)cc3)=NN2C(=O)CCC(=O)O)cc1. The summed E-state index contributed by atoms with van der Waals surface area (Å²) in [5, 5.41) is 15.9. The summed E-state index contributed by atoms with van der Waals surface area (Å²) in [6, 6.07) is 15.3. The van der Waals surface area contributed by atoms with Crippen LogP contribution in [0.2, 0.25) is 5.02 Å². The Bertz CT molecular complexity index is 1270. The first-order chi connectivity index (χ1) is 16.2. The number of benzene rings is 2. The van der Waals surface area contributed by atoms with Crippen LogP contribution in [-0.2, 0) is 9.59 Å². The lowest BCUT2D eigenvalue weighted by Gasteiger charge is -2.22. The number of carboxylic acids is 1. The molecular weight excluding hydrogens is 450 g/mol. The zero-order valence-electron chi connectivity index (χ0n) is 19.4. The molecule has 0 saturated heterocycles. The average Bonchev–Trinajstić information content (AvgIpc) is 3.26. The van der Waals surface area contributed by atoms with Crippen LogP contribution >= 0.6 is 11.6 Å². The Hall–Kier alpha value is -3.51. The summed E-state index contributed by atoms with van der Waals surface area (Å²) in [6.45, 7) is 6.00. The number of rotatable bonds is 6. The second kappa shape index (κ2) is 9.77. The highest BCUT2D eigenvalue weighted by molar-refractivity contribution is 6.30. The Morgan fingerprint density at radius 2 is 1.71 bits per heavy atom. The largest absolute Gasteiger partial charge is 0.481 e. The molecule has 6 nitrogen and oxygen atoms in total. The summed E-state index contributed by atoms with van der Waals surface area (Å²) in [6.07, 6.45) is 1.97. The van der Waals surface area contributed by atoms with Crippen molar-refractivity contribution < 1.29 is 14.7 Å². The lowest BCUT2D eigenvalue weighted by molar-refractivity contribution is -0.141. The Balaban J connectivity index is 1.79. The number of aliphatic carboxylic acids is 1. The number of carbonyl (C=O) groups excluding carboxylic acids is 1. The minimum absolute atomic E-state index is 0.107. The molecule has 2 heterocycles. The van der Waals surface area contributed by atoms with E-state index in [1.807, 2.05) is 75.5 Å². The molecular formula is C27H26ClN3O3. The number of aromatic nitrogens is 1. The molecule has 1 amide bonds. The molecule has 0 spiro atoms. The number of hydrazone groups is 1. The maximum absolute atomic E-state index is 13.0. The predicted molar refractivity (Wildman–Crippen MR) is 133 cm³/mol. The van der Waals surface area contributed by atoms with Crippen molar-refractivity contribution in [2.45, 2.75) is 46.1 Å². The minimum atomic E-state index is -1.01. The average molecular weight is 476 g/mol. The van der Waals surface area contributed by atoms with Gasteiger partial charge in [0.15, 0.2) is 0 Å². The van der Waals surface area contributed by atoms with Gasteiger partial charge in [-0.1, -0.05) is 53.6 Å². The highest BCUT2D eigenvalue weighted by atomic mass is 35.5. The smallest absolute Gasteiger partial charge is 0.303 e. The van der Waals surface area contributed by atoms with Crippen LogP contribution in [0.15, 0.2) is 59.8 Å². The molecule has 4 rings (SSSR count). The summed E-state index contributed by atoms with van der Waals surface area (Å²) in [4.78, 5) is 28.7. The Morgan fingerprint density at radius 3 is 2.35 bits per heavy atom. The molecule has 1 aromatic heterocycles. The van der Waals surface area contributed by atoms with Crippen molar-refractivity contribution in [3.63, 3.8) is 0 Å².